The van der Waals surface area contributed by atoms with Crippen molar-refractivity contribution in [2.24, 2.45) is 9.98 Å². The van der Waals surface area contributed by atoms with E-state index in [-0.39, 0.29) is 30.2 Å². The maximum Gasteiger partial charge on any atom is 0.434 e. The number of aromatic amines is 1. The van der Waals surface area contributed by atoms with E-state index in [2.05, 4.69) is 41.8 Å². The first-order chi connectivity index (χ1) is 15.4. The number of allylic oxidation sites excluding steroid dienone is 1. The van der Waals surface area contributed by atoms with Gasteiger partial charge in [-0.1, -0.05) is 0 Å². The van der Waals surface area contributed by atoms with Crippen molar-refractivity contribution in [2.45, 2.75) is 25.2 Å². The Bertz CT molecular complexity index is 1050. The minimum absolute atomic E-state index is 0.0621. The van der Waals surface area contributed by atoms with Crippen LogP contribution in [0, 0.1) is 0 Å². The van der Waals surface area contributed by atoms with Crippen LogP contribution in [0.15, 0.2) is 52.7 Å². The van der Waals surface area contributed by atoms with Gasteiger partial charge in [-0.15, -0.1) is 0 Å². The number of nitrogens with zero attached hydrogens (tertiary/aromatic N) is 7. The molecule has 0 amide bonds. The Morgan fingerprint density at radius 1 is 1.41 bits per heavy atom. The average Bonchev–Trinajstić information content (AvgIpc) is 3.32. The van der Waals surface area contributed by atoms with Crippen molar-refractivity contribution < 1.29 is 17.9 Å². The highest BCUT2D eigenvalue weighted by Crippen LogP contribution is 2.32. The first-order valence-electron chi connectivity index (χ1n) is 9.83. The number of aromatic nitrogens is 4. The van der Waals surface area contributed by atoms with Crippen molar-refractivity contribution in [3.05, 3.63) is 54.1 Å². The molecule has 2 aliphatic rings. The maximum atomic E-state index is 13.1. The molecule has 2 aromatic heterocycles. The molecule has 0 aliphatic carbocycles. The number of aliphatic imine (C=N–C) groups is 2. The van der Waals surface area contributed by atoms with E-state index in [1.54, 1.807) is 24.7 Å². The molecule has 168 valence electrons. The third-order valence-corrected chi connectivity index (χ3v) is 5.17. The summed E-state index contributed by atoms with van der Waals surface area (Å²) in [6.45, 7) is 6.64. The van der Waals surface area contributed by atoms with E-state index in [0.29, 0.717) is 19.0 Å². The lowest BCUT2D eigenvalue weighted by Gasteiger charge is -2.39. The Morgan fingerprint density at radius 3 is 2.97 bits per heavy atom. The van der Waals surface area contributed by atoms with Gasteiger partial charge in [-0.2, -0.15) is 18.3 Å². The Kier molecular flexibility index (Phi) is 6.04. The summed E-state index contributed by atoms with van der Waals surface area (Å²) >= 11 is 0. The lowest BCUT2D eigenvalue weighted by Crippen LogP contribution is -2.46. The van der Waals surface area contributed by atoms with Gasteiger partial charge in [-0.05, 0) is 19.7 Å². The monoisotopic (exact) mass is 446 g/mol. The van der Waals surface area contributed by atoms with Gasteiger partial charge in [0.25, 0.3) is 0 Å². The first-order valence-corrected chi connectivity index (χ1v) is 9.83. The van der Waals surface area contributed by atoms with Crippen LogP contribution in [-0.4, -0.2) is 69.9 Å². The molecule has 0 saturated carbocycles. The molecule has 12 heteroatoms. The molecule has 1 N–H and O–H groups in total. The number of hydrogen-bond donors (Lipinski definition) is 1. The van der Waals surface area contributed by atoms with E-state index in [4.69, 9.17) is 4.74 Å². The van der Waals surface area contributed by atoms with Crippen LogP contribution in [0.1, 0.15) is 24.4 Å². The lowest BCUT2D eigenvalue weighted by atomic mass is 10.0. The normalized spacial score (nSPS) is 22.1. The van der Waals surface area contributed by atoms with Crippen molar-refractivity contribution in [3.63, 3.8) is 0 Å². The van der Waals surface area contributed by atoms with E-state index in [1.807, 2.05) is 6.92 Å². The second kappa shape index (κ2) is 8.91. The van der Waals surface area contributed by atoms with Crippen LogP contribution in [0.2, 0.25) is 0 Å². The molecule has 2 aliphatic heterocycles. The van der Waals surface area contributed by atoms with Gasteiger partial charge in [0.15, 0.2) is 11.5 Å². The van der Waals surface area contributed by atoms with E-state index in [9.17, 15) is 13.2 Å². The van der Waals surface area contributed by atoms with Crippen molar-refractivity contribution in [3.8, 4) is 0 Å². The fourth-order valence-electron chi connectivity index (χ4n) is 3.65. The molecule has 0 bridgehead atoms. The van der Waals surface area contributed by atoms with Crippen molar-refractivity contribution in [1.29, 1.82) is 0 Å². The topological polar surface area (TPSA) is 94.9 Å². The summed E-state index contributed by atoms with van der Waals surface area (Å²) in [5.41, 5.74) is 0.187. The van der Waals surface area contributed by atoms with Crippen LogP contribution in [0.25, 0.3) is 5.70 Å². The van der Waals surface area contributed by atoms with E-state index in [1.165, 1.54) is 17.3 Å². The molecule has 32 heavy (non-hydrogen) atoms. The van der Waals surface area contributed by atoms with Gasteiger partial charge in [-0.3, -0.25) is 15.1 Å². The van der Waals surface area contributed by atoms with Gasteiger partial charge in [0.2, 0.25) is 0 Å². The molecule has 4 heterocycles. The minimum Gasteiger partial charge on any atom is -0.369 e. The Labute approximate surface area is 182 Å². The summed E-state index contributed by atoms with van der Waals surface area (Å²) in [6, 6.07) is 1.69. The van der Waals surface area contributed by atoms with Crippen molar-refractivity contribution in [2.75, 3.05) is 24.6 Å². The number of H-pyrrole nitrogens is 1. The summed E-state index contributed by atoms with van der Waals surface area (Å²) < 4.78 is 45.4. The predicted molar refractivity (Wildman–Crippen MR) is 113 cm³/mol. The first kappa shape index (κ1) is 21.7. The lowest BCUT2D eigenvalue weighted by molar-refractivity contribution is -0.0934. The van der Waals surface area contributed by atoms with Crippen molar-refractivity contribution in [1.82, 2.24) is 25.1 Å². The zero-order chi connectivity index (χ0) is 22.7. The molecule has 0 radical (unpaired) electrons. The van der Waals surface area contributed by atoms with Crippen LogP contribution in [-0.2, 0) is 4.74 Å². The third-order valence-electron chi connectivity index (χ3n) is 5.17. The van der Waals surface area contributed by atoms with Gasteiger partial charge >= 0.3 is 6.18 Å². The fraction of sp³-hybridized carbons (Fsp3) is 0.350. The molecular formula is C20H21F3N8O. The fourth-order valence-corrected chi connectivity index (χ4v) is 3.65. The number of morpholine rings is 1. The maximum absolute atomic E-state index is 13.1. The highest BCUT2D eigenvalue weighted by atomic mass is 19.4. The molecule has 2 aromatic rings. The summed E-state index contributed by atoms with van der Waals surface area (Å²) in [5, 5.41) is 6.78. The van der Waals surface area contributed by atoms with E-state index < -0.39 is 11.9 Å². The SMILES string of the molecule is C=N/C=C(/c1nccc(N2CCOC(c3cn[nH]c3)C2C)n1)N1C=C(C(F)(F)F)N=CC1. The number of alkyl halides is 3. The van der Waals surface area contributed by atoms with E-state index in [0.717, 1.165) is 11.8 Å². The quantitative estimate of drug-likeness (QED) is 0.710. The van der Waals surface area contributed by atoms with Gasteiger partial charge in [0.05, 0.1) is 31.6 Å². The number of rotatable bonds is 5. The Balaban J connectivity index is 1.64. The highest BCUT2D eigenvalue weighted by molar-refractivity contribution is 5.70. The molecule has 0 spiro atoms. The minimum atomic E-state index is -4.57. The van der Waals surface area contributed by atoms with Crippen LogP contribution >= 0.6 is 0 Å². The number of halogens is 3. The molecule has 1 saturated heterocycles. The van der Waals surface area contributed by atoms with Crippen LogP contribution < -0.4 is 4.90 Å². The van der Waals surface area contributed by atoms with Gasteiger partial charge in [-0.25, -0.2) is 9.97 Å². The molecular weight excluding hydrogens is 425 g/mol. The summed E-state index contributed by atoms with van der Waals surface area (Å²) in [5.74, 6) is 0.849. The summed E-state index contributed by atoms with van der Waals surface area (Å²) in [6.07, 6.45) is 3.72. The summed E-state index contributed by atoms with van der Waals surface area (Å²) in [7, 11) is 0. The molecule has 2 unspecified atom stereocenters. The highest BCUT2D eigenvalue weighted by Gasteiger charge is 2.36. The molecule has 1 fully saturated rings. The second-order valence-corrected chi connectivity index (χ2v) is 7.17. The van der Waals surface area contributed by atoms with E-state index >= 15 is 0 Å². The summed E-state index contributed by atoms with van der Waals surface area (Å²) in [4.78, 5) is 19.5. The third kappa shape index (κ3) is 4.40. The van der Waals surface area contributed by atoms with Gasteiger partial charge in [0, 0.05) is 36.9 Å². The van der Waals surface area contributed by atoms with Crippen LogP contribution in [0.3, 0.4) is 0 Å². The molecule has 0 aromatic carbocycles. The largest absolute Gasteiger partial charge is 0.434 e. The smallest absolute Gasteiger partial charge is 0.369 e. The van der Waals surface area contributed by atoms with Gasteiger partial charge in [0.1, 0.15) is 17.6 Å². The zero-order valence-corrected chi connectivity index (χ0v) is 17.2. The Morgan fingerprint density at radius 2 is 2.25 bits per heavy atom. The van der Waals surface area contributed by atoms with Crippen LogP contribution in [0.5, 0.6) is 0 Å². The molecule has 4 rings (SSSR count). The second-order valence-electron chi connectivity index (χ2n) is 7.17. The number of hydrogen-bond acceptors (Lipinski definition) is 8. The van der Waals surface area contributed by atoms with Gasteiger partial charge < -0.3 is 14.5 Å². The zero-order valence-electron chi connectivity index (χ0n) is 17.2. The number of ether oxygens (including phenoxy) is 1. The molecule has 2 atom stereocenters. The number of nitrogens with one attached hydrogen (secondary N) is 1. The number of anilines is 1. The Hall–Kier alpha value is -3.54. The van der Waals surface area contributed by atoms with Crippen LogP contribution in [0.4, 0.5) is 19.0 Å². The standard InChI is InChI=1S/C20H21F3N8O/c1-13-18(14-9-27-28-10-14)32-8-7-31(13)17-3-4-26-19(29-17)15(11-24-2)30-6-5-25-16(12-30)20(21,22)23/h3-5,9-13,18H,2,6-8H2,1H3,(H,27,28)/b15-11-. The molecule has 9 nitrogen and oxygen atoms in total. The average molecular weight is 446 g/mol. The van der Waals surface area contributed by atoms with Crippen molar-refractivity contribution >= 4 is 24.4 Å². The predicted octanol–water partition coefficient (Wildman–Crippen LogP) is 2.96.